The van der Waals surface area contributed by atoms with Crippen molar-refractivity contribution in [3.8, 4) is 11.5 Å². The molecule has 1 amide bonds. The Morgan fingerprint density at radius 3 is 2.61 bits per heavy atom. The van der Waals surface area contributed by atoms with Crippen LogP contribution in [0.2, 0.25) is 0 Å². The summed E-state index contributed by atoms with van der Waals surface area (Å²) in [7, 11) is 0. The number of aliphatic imine (C=N–C) groups is 1. The fourth-order valence-electron chi connectivity index (χ4n) is 2.99. The topological polar surface area (TPSA) is 51.1 Å². The van der Waals surface area contributed by atoms with Gasteiger partial charge in [0.2, 0.25) is 0 Å². The number of hydrogen-bond donors (Lipinski definition) is 0. The average Bonchev–Trinajstić information content (AvgIpc) is 3.17. The lowest BCUT2D eigenvalue weighted by atomic mass is 10.1. The van der Waals surface area contributed by atoms with E-state index >= 15 is 0 Å². The number of carbonyl (C=O) groups is 1. The van der Waals surface area contributed by atoms with Gasteiger partial charge in [-0.2, -0.15) is 0 Å². The first kappa shape index (κ1) is 20.3. The number of nitrogens with zero attached hydrogens (tertiary/aromatic N) is 2. The molecule has 28 heavy (non-hydrogen) atoms. The van der Waals surface area contributed by atoms with Gasteiger partial charge in [-0.15, -0.1) is 0 Å². The highest BCUT2D eigenvalue weighted by molar-refractivity contribution is 8.13. The van der Waals surface area contributed by atoms with E-state index in [9.17, 15) is 4.79 Å². The second kappa shape index (κ2) is 9.64. The maximum absolute atomic E-state index is 13.1. The molecule has 0 N–H and O–H groups in total. The number of amidine groups is 1. The molecule has 0 saturated heterocycles. The SMILES string of the molecule is CCOc1ccc(C(=O)N2CCN=C2SCc2ccccc2C)cc1OCC. The molecule has 1 aliphatic heterocycles. The Morgan fingerprint density at radius 1 is 1.11 bits per heavy atom. The van der Waals surface area contributed by atoms with Gasteiger partial charge in [0.05, 0.1) is 19.8 Å². The molecule has 0 aliphatic carbocycles. The molecule has 5 nitrogen and oxygen atoms in total. The van der Waals surface area contributed by atoms with Gasteiger partial charge >= 0.3 is 0 Å². The van der Waals surface area contributed by atoms with Crippen molar-refractivity contribution in [3.63, 3.8) is 0 Å². The van der Waals surface area contributed by atoms with Crippen molar-refractivity contribution in [1.29, 1.82) is 0 Å². The molecule has 2 aromatic rings. The van der Waals surface area contributed by atoms with Gasteiger partial charge in [0.25, 0.3) is 5.91 Å². The van der Waals surface area contributed by atoms with Crippen LogP contribution in [-0.4, -0.2) is 42.3 Å². The van der Waals surface area contributed by atoms with Crippen LogP contribution >= 0.6 is 11.8 Å². The van der Waals surface area contributed by atoms with Crippen molar-refractivity contribution in [1.82, 2.24) is 4.90 Å². The lowest BCUT2D eigenvalue weighted by Gasteiger charge is -2.19. The van der Waals surface area contributed by atoms with Gasteiger partial charge in [-0.25, -0.2) is 0 Å². The summed E-state index contributed by atoms with van der Waals surface area (Å²) in [5.74, 6) is 1.99. The quantitative estimate of drug-likeness (QED) is 0.687. The van der Waals surface area contributed by atoms with E-state index in [4.69, 9.17) is 9.47 Å². The zero-order chi connectivity index (χ0) is 19.9. The molecule has 2 aromatic carbocycles. The average molecular weight is 399 g/mol. The van der Waals surface area contributed by atoms with Crippen LogP contribution in [0.4, 0.5) is 0 Å². The van der Waals surface area contributed by atoms with Crippen LogP contribution < -0.4 is 9.47 Å². The van der Waals surface area contributed by atoms with Crippen molar-refractivity contribution < 1.29 is 14.3 Å². The van der Waals surface area contributed by atoms with E-state index in [1.165, 1.54) is 11.1 Å². The molecular weight excluding hydrogens is 372 g/mol. The lowest BCUT2D eigenvalue weighted by molar-refractivity contribution is 0.0860. The first-order valence-electron chi connectivity index (χ1n) is 9.57. The smallest absolute Gasteiger partial charge is 0.260 e. The summed E-state index contributed by atoms with van der Waals surface area (Å²) in [6.45, 7) is 8.24. The van der Waals surface area contributed by atoms with E-state index in [0.717, 1.165) is 10.9 Å². The predicted octanol–water partition coefficient (Wildman–Crippen LogP) is 4.54. The Balaban J connectivity index is 1.73. The van der Waals surface area contributed by atoms with Crippen LogP contribution in [0.25, 0.3) is 0 Å². The third-order valence-corrected chi connectivity index (χ3v) is 5.52. The lowest BCUT2D eigenvalue weighted by Crippen LogP contribution is -2.32. The maximum atomic E-state index is 13.1. The summed E-state index contributed by atoms with van der Waals surface area (Å²) in [4.78, 5) is 19.4. The van der Waals surface area contributed by atoms with Crippen LogP contribution in [0.1, 0.15) is 35.3 Å². The highest BCUT2D eigenvalue weighted by Gasteiger charge is 2.26. The molecule has 0 aromatic heterocycles. The minimum absolute atomic E-state index is 0.0578. The number of hydrogen-bond acceptors (Lipinski definition) is 5. The molecule has 0 bridgehead atoms. The Morgan fingerprint density at radius 2 is 1.86 bits per heavy atom. The Labute approximate surface area is 170 Å². The highest BCUT2D eigenvalue weighted by atomic mass is 32.2. The van der Waals surface area contributed by atoms with E-state index in [1.54, 1.807) is 34.9 Å². The number of rotatable bonds is 7. The summed E-state index contributed by atoms with van der Waals surface area (Å²) >= 11 is 1.61. The molecule has 0 spiro atoms. The van der Waals surface area contributed by atoms with Crippen LogP contribution in [-0.2, 0) is 5.75 Å². The van der Waals surface area contributed by atoms with Gasteiger partial charge in [0, 0.05) is 17.9 Å². The largest absolute Gasteiger partial charge is 0.490 e. The fourth-order valence-corrected chi connectivity index (χ4v) is 4.11. The minimum Gasteiger partial charge on any atom is -0.490 e. The molecule has 1 heterocycles. The molecule has 0 atom stereocenters. The van der Waals surface area contributed by atoms with E-state index in [2.05, 4.69) is 24.0 Å². The van der Waals surface area contributed by atoms with Crippen molar-refractivity contribution in [2.75, 3.05) is 26.3 Å². The summed E-state index contributed by atoms with van der Waals surface area (Å²) in [5.41, 5.74) is 3.09. The molecule has 0 saturated carbocycles. The van der Waals surface area contributed by atoms with Crippen LogP contribution in [0, 0.1) is 6.92 Å². The number of carbonyl (C=O) groups excluding carboxylic acids is 1. The second-order valence-electron chi connectivity index (χ2n) is 6.36. The van der Waals surface area contributed by atoms with Gasteiger partial charge in [-0.05, 0) is 50.1 Å². The van der Waals surface area contributed by atoms with Gasteiger partial charge in [-0.3, -0.25) is 14.7 Å². The van der Waals surface area contributed by atoms with Crippen molar-refractivity contribution in [2.45, 2.75) is 26.5 Å². The Bertz CT molecular complexity index is 867. The third-order valence-electron chi connectivity index (χ3n) is 4.46. The first-order valence-corrected chi connectivity index (χ1v) is 10.6. The molecule has 1 aliphatic rings. The summed E-state index contributed by atoms with van der Waals surface area (Å²) in [6.07, 6.45) is 0. The summed E-state index contributed by atoms with van der Waals surface area (Å²) in [6, 6.07) is 13.6. The van der Waals surface area contributed by atoms with Crippen LogP contribution in [0.15, 0.2) is 47.5 Å². The molecular formula is C22H26N2O3S. The molecule has 0 radical (unpaired) electrons. The van der Waals surface area contributed by atoms with Crippen molar-refractivity contribution in [2.24, 2.45) is 4.99 Å². The van der Waals surface area contributed by atoms with Crippen molar-refractivity contribution >= 4 is 22.8 Å². The summed E-state index contributed by atoms with van der Waals surface area (Å²) < 4.78 is 11.2. The zero-order valence-electron chi connectivity index (χ0n) is 16.6. The van der Waals surface area contributed by atoms with Crippen LogP contribution in [0.3, 0.4) is 0 Å². The fraction of sp³-hybridized carbons (Fsp3) is 0.364. The third kappa shape index (κ3) is 4.68. The number of benzene rings is 2. The Hall–Kier alpha value is -2.47. The minimum atomic E-state index is -0.0578. The number of amides is 1. The molecule has 148 valence electrons. The van der Waals surface area contributed by atoms with Crippen LogP contribution in [0.5, 0.6) is 11.5 Å². The zero-order valence-corrected chi connectivity index (χ0v) is 17.4. The van der Waals surface area contributed by atoms with E-state index in [-0.39, 0.29) is 5.91 Å². The van der Waals surface area contributed by atoms with E-state index in [1.807, 2.05) is 26.0 Å². The molecule has 6 heteroatoms. The number of aryl methyl sites for hydroxylation is 1. The second-order valence-corrected chi connectivity index (χ2v) is 7.31. The molecule has 0 unspecified atom stereocenters. The monoisotopic (exact) mass is 398 g/mol. The highest BCUT2D eigenvalue weighted by Crippen LogP contribution is 2.30. The predicted molar refractivity (Wildman–Crippen MR) is 115 cm³/mol. The first-order chi connectivity index (χ1) is 13.6. The standard InChI is InChI=1S/C22H26N2O3S/c1-4-26-19-11-10-17(14-20(19)27-5-2)21(25)24-13-12-23-22(24)28-15-18-9-7-6-8-16(18)3/h6-11,14H,4-5,12-13,15H2,1-3H3. The van der Waals surface area contributed by atoms with Gasteiger partial charge in [0.1, 0.15) is 0 Å². The van der Waals surface area contributed by atoms with Gasteiger partial charge in [-0.1, -0.05) is 36.0 Å². The Kier molecular flexibility index (Phi) is 6.98. The summed E-state index contributed by atoms with van der Waals surface area (Å²) in [5, 5.41) is 0.778. The number of ether oxygens (including phenoxy) is 2. The van der Waals surface area contributed by atoms with E-state index in [0.29, 0.717) is 43.4 Å². The van der Waals surface area contributed by atoms with Gasteiger partial charge < -0.3 is 9.47 Å². The van der Waals surface area contributed by atoms with E-state index < -0.39 is 0 Å². The molecule has 0 fully saturated rings. The normalized spacial score (nSPS) is 13.4. The van der Waals surface area contributed by atoms with Crippen molar-refractivity contribution in [3.05, 3.63) is 59.2 Å². The molecule has 3 rings (SSSR count). The van der Waals surface area contributed by atoms with Gasteiger partial charge in [0.15, 0.2) is 16.7 Å². The maximum Gasteiger partial charge on any atom is 0.260 e. The number of thioether (sulfide) groups is 1.